The summed E-state index contributed by atoms with van der Waals surface area (Å²) in [6.45, 7) is 5.88. The lowest BCUT2D eigenvalue weighted by Crippen LogP contribution is -2.02. The van der Waals surface area contributed by atoms with E-state index in [4.69, 9.17) is 4.74 Å². The molecule has 0 bridgehead atoms. The summed E-state index contributed by atoms with van der Waals surface area (Å²) in [4.78, 5) is 0. The second-order valence-corrected chi connectivity index (χ2v) is 3.35. The highest BCUT2D eigenvalue weighted by Crippen LogP contribution is 2.27. The van der Waals surface area contributed by atoms with Crippen LogP contribution in [-0.2, 0) is 0 Å². The molecule has 0 aliphatic rings. The van der Waals surface area contributed by atoms with Crippen LogP contribution in [0.5, 0.6) is 5.75 Å². The van der Waals surface area contributed by atoms with E-state index in [2.05, 4.69) is 0 Å². The quantitative estimate of drug-likeness (QED) is 0.716. The van der Waals surface area contributed by atoms with Gasteiger partial charge in [-0.05, 0) is 19.9 Å². The van der Waals surface area contributed by atoms with Crippen molar-refractivity contribution in [3.63, 3.8) is 0 Å². The molecule has 0 fully saturated rings. The number of ether oxygens (including phenoxy) is 1. The molecule has 0 amide bonds. The third-order valence-corrected chi connectivity index (χ3v) is 2.10. The molecule has 0 aromatic heterocycles. The molecule has 77 valence electrons. The predicted octanol–water partition coefficient (Wildman–Crippen LogP) is 3.31. The molecule has 1 radical (unpaired) electrons. The second kappa shape index (κ2) is 4.99. The number of alkyl halides is 1. The van der Waals surface area contributed by atoms with E-state index in [9.17, 15) is 4.39 Å². The van der Waals surface area contributed by atoms with Gasteiger partial charge in [-0.3, -0.25) is 4.39 Å². The Morgan fingerprint density at radius 3 is 2.71 bits per heavy atom. The van der Waals surface area contributed by atoms with Crippen LogP contribution in [0.15, 0.2) is 18.2 Å². The number of halogens is 1. The van der Waals surface area contributed by atoms with Gasteiger partial charge in [0.1, 0.15) is 5.75 Å². The van der Waals surface area contributed by atoms with Gasteiger partial charge in [-0.25, -0.2) is 0 Å². The molecular weight excluding hydrogens is 179 g/mol. The maximum atomic E-state index is 12.5. The van der Waals surface area contributed by atoms with Crippen LogP contribution in [0.1, 0.15) is 25.0 Å². The maximum Gasteiger partial charge on any atom is 0.123 e. The molecular formula is C12H16FO. The maximum absolute atomic E-state index is 12.5. The van der Waals surface area contributed by atoms with Gasteiger partial charge in [0.25, 0.3) is 0 Å². The van der Waals surface area contributed by atoms with Gasteiger partial charge in [0, 0.05) is 11.5 Å². The molecule has 1 rings (SSSR count). The number of rotatable bonds is 4. The topological polar surface area (TPSA) is 9.23 Å². The molecule has 0 aliphatic carbocycles. The first-order valence-electron chi connectivity index (χ1n) is 4.81. The van der Waals surface area contributed by atoms with Crippen LogP contribution in [0.4, 0.5) is 4.39 Å². The summed E-state index contributed by atoms with van der Waals surface area (Å²) in [6, 6.07) is 5.83. The fourth-order valence-corrected chi connectivity index (χ4v) is 1.33. The molecule has 14 heavy (non-hydrogen) atoms. The highest BCUT2D eigenvalue weighted by Gasteiger charge is 2.11. The minimum atomic E-state index is -0.427. The van der Waals surface area contributed by atoms with Crippen LogP contribution in [0, 0.1) is 12.8 Å². The Bertz CT molecular complexity index is 296. The Labute approximate surface area is 84.9 Å². The summed E-state index contributed by atoms with van der Waals surface area (Å²) >= 11 is 0. The number of hydrogen-bond donors (Lipinski definition) is 0. The van der Waals surface area contributed by atoms with Gasteiger partial charge in [0.15, 0.2) is 0 Å². The van der Waals surface area contributed by atoms with Gasteiger partial charge >= 0.3 is 0 Å². The van der Waals surface area contributed by atoms with E-state index in [1.807, 2.05) is 32.0 Å². The van der Waals surface area contributed by atoms with Crippen molar-refractivity contribution < 1.29 is 9.13 Å². The molecule has 1 aromatic carbocycles. The van der Waals surface area contributed by atoms with Crippen LogP contribution in [0.2, 0.25) is 0 Å². The molecule has 0 saturated heterocycles. The first kappa shape index (κ1) is 11.0. The predicted molar refractivity (Wildman–Crippen MR) is 56.3 cm³/mol. The fraction of sp³-hybridized carbons (Fsp3) is 0.417. The Balaban J connectivity index is 3.02. The van der Waals surface area contributed by atoms with E-state index in [1.54, 1.807) is 6.92 Å². The van der Waals surface area contributed by atoms with E-state index in [1.165, 1.54) is 0 Å². The van der Waals surface area contributed by atoms with Gasteiger partial charge in [-0.1, -0.05) is 24.6 Å². The average molecular weight is 195 g/mol. The summed E-state index contributed by atoms with van der Waals surface area (Å²) in [6.07, 6.45) is 0. The minimum absolute atomic E-state index is 0.427. The Hall–Kier alpha value is -1.05. The molecule has 2 heteroatoms. The smallest absolute Gasteiger partial charge is 0.123 e. The molecule has 0 N–H and O–H groups in total. The summed E-state index contributed by atoms with van der Waals surface area (Å²) in [5.41, 5.74) is 2.01. The molecule has 0 aliphatic heterocycles. The van der Waals surface area contributed by atoms with Crippen LogP contribution >= 0.6 is 0 Å². The van der Waals surface area contributed by atoms with E-state index in [0.29, 0.717) is 6.61 Å². The standard InChI is InChI=1S/C12H16FO/c1-4-14-12-6-5-9(2)7-11(12)10(3)8-13/h5-7H,4,8H2,1-3H3. The molecule has 0 saturated carbocycles. The van der Waals surface area contributed by atoms with Crippen molar-refractivity contribution in [1.29, 1.82) is 0 Å². The summed E-state index contributed by atoms with van der Waals surface area (Å²) in [7, 11) is 0. The van der Waals surface area contributed by atoms with Gasteiger partial charge in [0.05, 0.1) is 13.3 Å². The summed E-state index contributed by atoms with van der Waals surface area (Å²) < 4.78 is 18.0. The minimum Gasteiger partial charge on any atom is -0.494 e. The number of benzene rings is 1. The van der Waals surface area contributed by atoms with E-state index < -0.39 is 6.67 Å². The van der Waals surface area contributed by atoms with E-state index in [-0.39, 0.29) is 0 Å². The average Bonchev–Trinajstić information content (AvgIpc) is 2.20. The highest BCUT2D eigenvalue weighted by atomic mass is 19.1. The summed E-state index contributed by atoms with van der Waals surface area (Å²) in [5.74, 6) is 1.49. The second-order valence-electron chi connectivity index (χ2n) is 3.35. The van der Waals surface area contributed by atoms with E-state index >= 15 is 0 Å². The third kappa shape index (κ3) is 2.47. The van der Waals surface area contributed by atoms with Gasteiger partial charge in [-0.15, -0.1) is 0 Å². The van der Waals surface area contributed by atoms with E-state index in [0.717, 1.165) is 22.8 Å². The normalized spacial score (nSPS) is 10.6. The molecule has 1 nitrogen and oxygen atoms in total. The molecule has 1 aromatic rings. The lowest BCUT2D eigenvalue weighted by Gasteiger charge is -2.14. The zero-order chi connectivity index (χ0) is 10.6. The largest absolute Gasteiger partial charge is 0.494 e. The number of aryl methyl sites for hydroxylation is 1. The third-order valence-electron chi connectivity index (χ3n) is 2.10. The molecule has 0 unspecified atom stereocenters. The SMILES string of the molecule is CCOc1ccc(C)cc1[C](C)CF. The fourth-order valence-electron chi connectivity index (χ4n) is 1.33. The lowest BCUT2D eigenvalue weighted by atomic mass is 9.99. The van der Waals surface area contributed by atoms with Crippen LogP contribution in [0.3, 0.4) is 0 Å². The van der Waals surface area contributed by atoms with Crippen molar-refractivity contribution in [1.82, 2.24) is 0 Å². The number of hydrogen-bond acceptors (Lipinski definition) is 1. The zero-order valence-corrected chi connectivity index (χ0v) is 8.93. The van der Waals surface area contributed by atoms with Crippen LogP contribution < -0.4 is 4.74 Å². The van der Waals surface area contributed by atoms with Gasteiger partial charge in [0.2, 0.25) is 0 Å². The van der Waals surface area contributed by atoms with Crippen LogP contribution in [-0.4, -0.2) is 13.3 Å². The van der Waals surface area contributed by atoms with Crippen molar-refractivity contribution >= 4 is 0 Å². The Kier molecular flexibility index (Phi) is 3.93. The van der Waals surface area contributed by atoms with Crippen molar-refractivity contribution in [2.24, 2.45) is 0 Å². The first-order valence-corrected chi connectivity index (χ1v) is 4.81. The highest BCUT2D eigenvalue weighted by molar-refractivity contribution is 5.45. The van der Waals surface area contributed by atoms with Gasteiger partial charge in [-0.2, -0.15) is 0 Å². The molecule has 0 atom stereocenters. The van der Waals surface area contributed by atoms with Crippen molar-refractivity contribution in [2.45, 2.75) is 20.8 Å². The molecule has 0 spiro atoms. The zero-order valence-electron chi connectivity index (χ0n) is 8.93. The Morgan fingerprint density at radius 2 is 2.14 bits per heavy atom. The van der Waals surface area contributed by atoms with Crippen LogP contribution in [0.25, 0.3) is 0 Å². The lowest BCUT2D eigenvalue weighted by molar-refractivity contribution is 0.336. The summed E-state index contributed by atoms with van der Waals surface area (Å²) in [5, 5.41) is 0. The first-order chi connectivity index (χ1) is 6.69. The van der Waals surface area contributed by atoms with Gasteiger partial charge < -0.3 is 4.74 Å². The van der Waals surface area contributed by atoms with Crippen molar-refractivity contribution in [2.75, 3.05) is 13.3 Å². The monoisotopic (exact) mass is 195 g/mol. The van der Waals surface area contributed by atoms with Crippen molar-refractivity contribution in [3.8, 4) is 5.75 Å². The van der Waals surface area contributed by atoms with Crippen molar-refractivity contribution in [3.05, 3.63) is 35.2 Å². The Morgan fingerprint density at radius 1 is 1.43 bits per heavy atom. The molecule has 0 heterocycles.